The van der Waals surface area contributed by atoms with Crippen molar-refractivity contribution in [3.8, 4) is 0 Å². The summed E-state index contributed by atoms with van der Waals surface area (Å²) in [4.78, 5) is 10.1. The van der Waals surface area contributed by atoms with Gasteiger partial charge in [-0.2, -0.15) is 0 Å². The van der Waals surface area contributed by atoms with Crippen LogP contribution in [-0.2, 0) is 13.1 Å². The van der Waals surface area contributed by atoms with Gasteiger partial charge < -0.3 is 4.90 Å². The molecule has 1 aliphatic rings. The van der Waals surface area contributed by atoms with Crippen molar-refractivity contribution < 1.29 is 0 Å². The average Bonchev–Trinajstić information content (AvgIpc) is 2.65. The van der Waals surface area contributed by atoms with Gasteiger partial charge in [0, 0.05) is 55.1 Å². The molecule has 1 heterocycles. The van der Waals surface area contributed by atoms with Crippen LogP contribution in [0.15, 0.2) is 52.3 Å². The number of hydrogen-bond donors (Lipinski definition) is 0. The molecular formula is C24H35N3S. The van der Waals surface area contributed by atoms with E-state index in [1.165, 1.54) is 52.7 Å². The highest BCUT2D eigenvalue weighted by Gasteiger charge is 2.19. The molecule has 0 spiro atoms. The van der Waals surface area contributed by atoms with Crippen molar-refractivity contribution in [1.29, 1.82) is 0 Å². The van der Waals surface area contributed by atoms with Gasteiger partial charge in [-0.05, 0) is 64.2 Å². The lowest BCUT2D eigenvalue weighted by molar-refractivity contribution is 0.104. The number of hydrogen-bond acceptors (Lipinski definition) is 4. The van der Waals surface area contributed by atoms with Crippen molar-refractivity contribution >= 4 is 11.8 Å². The molecule has 0 aliphatic carbocycles. The van der Waals surface area contributed by atoms with Gasteiger partial charge in [0.1, 0.15) is 0 Å². The fourth-order valence-corrected chi connectivity index (χ4v) is 4.64. The van der Waals surface area contributed by atoms with Crippen LogP contribution in [0.4, 0.5) is 0 Å². The average molecular weight is 398 g/mol. The van der Waals surface area contributed by atoms with Gasteiger partial charge in [0.05, 0.1) is 0 Å². The Morgan fingerprint density at radius 1 is 0.964 bits per heavy atom. The van der Waals surface area contributed by atoms with E-state index in [0.29, 0.717) is 6.04 Å². The molecule has 28 heavy (non-hydrogen) atoms. The van der Waals surface area contributed by atoms with Crippen LogP contribution in [0, 0.1) is 6.92 Å². The monoisotopic (exact) mass is 397 g/mol. The van der Waals surface area contributed by atoms with Gasteiger partial charge in [0.25, 0.3) is 0 Å². The number of aryl methyl sites for hydroxylation is 1. The van der Waals surface area contributed by atoms with Crippen LogP contribution in [0.2, 0.25) is 0 Å². The Labute approximate surface area is 175 Å². The van der Waals surface area contributed by atoms with Crippen LogP contribution in [0.3, 0.4) is 0 Å². The fourth-order valence-electron chi connectivity index (χ4n) is 3.72. The van der Waals surface area contributed by atoms with Crippen molar-refractivity contribution in [1.82, 2.24) is 14.7 Å². The van der Waals surface area contributed by atoms with Gasteiger partial charge in [-0.25, -0.2) is 0 Å². The molecule has 152 valence electrons. The van der Waals surface area contributed by atoms with Crippen molar-refractivity contribution in [3.05, 3.63) is 59.2 Å². The molecule has 0 aromatic heterocycles. The zero-order chi connectivity index (χ0) is 20.1. The van der Waals surface area contributed by atoms with Crippen molar-refractivity contribution in [2.24, 2.45) is 0 Å². The third-order valence-corrected chi connectivity index (χ3v) is 6.53. The number of nitrogens with zero attached hydrogens (tertiary/aromatic N) is 3. The topological polar surface area (TPSA) is 9.72 Å². The highest BCUT2D eigenvalue weighted by atomic mass is 32.2. The first-order valence-corrected chi connectivity index (χ1v) is 11.2. The largest absolute Gasteiger partial charge is 0.305 e. The van der Waals surface area contributed by atoms with Gasteiger partial charge in [0.2, 0.25) is 0 Å². The molecule has 3 rings (SSSR count). The zero-order valence-corrected chi connectivity index (χ0v) is 18.9. The second-order valence-electron chi connectivity index (χ2n) is 8.50. The maximum atomic E-state index is 2.60. The Balaban J connectivity index is 1.70. The fraction of sp³-hybridized carbons (Fsp3) is 0.500. The smallest absolute Gasteiger partial charge is 0.0238 e. The molecule has 0 saturated carbocycles. The van der Waals surface area contributed by atoms with E-state index in [1.807, 2.05) is 11.8 Å². The van der Waals surface area contributed by atoms with E-state index in [0.717, 1.165) is 13.1 Å². The highest BCUT2D eigenvalue weighted by Crippen LogP contribution is 2.32. The van der Waals surface area contributed by atoms with E-state index in [-0.39, 0.29) is 0 Å². The molecule has 3 nitrogen and oxygen atoms in total. The van der Waals surface area contributed by atoms with Crippen molar-refractivity contribution in [3.63, 3.8) is 0 Å². The van der Waals surface area contributed by atoms with E-state index in [1.54, 1.807) is 0 Å². The zero-order valence-electron chi connectivity index (χ0n) is 18.1. The Morgan fingerprint density at radius 2 is 1.64 bits per heavy atom. The molecule has 0 radical (unpaired) electrons. The van der Waals surface area contributed by atoms with Gasteiger partial charge in [0.15, 0.2) is 0 Å². The molecule has 1 fully saturated rings. The second-order valence-corrected chi connectivity index (χ2v) is 9.62. The van der Waals surface area contributed by atoms with E-state index in [2.05, 4.69) is 92.0 Å². The summed E-state index contributed by atoms with van der Waals surface area (Å²) in [6, 6.07) is 16.6. The first kappa shape index (κ1) is 21.4. The minimum absolute atomic E-state index is 0.659. The lowest BCUT2D eigenvalue weighted by Gasteiger charge is -2.37. The molecular weight excluding hydrogens is 362 g/mol. The molecule has 1 aliphatic heterocycles. The van der Waals surface area contributed by atoms with Crippen LogP contribution in [0.25, 0.3) is 0 Å². The van der Waals surface area contributed by atoms with Crippen LogP contribution in [0.5, 0.6) is 0 Å². The molecule has 1 saturated heterocycles. The Hall–Kier alpha value is -1.33. The third kappa shape index (κ3) is 6.08. The lowest BCUT2D eigenvalue weighted by Crippen LogP contribution is -2.48. The first-order chi connectivity index (χ1) is 13.4. The quantitative estimate of drug-likeness (QED) is 0.668. The second kappa shape index (κ2) is 9.93. The van der Waals surface area contributed by atoms with Gasteiger partial charge in [-0.3, -0.25) is 9.80 Å². The number of benzene rings is 2. The summed E-state index contributed by atoms with van der Waals surface area (Å²) in [6.45, 7) is 13.5. The summed E-state index contributed by atoms with van der Waals surface area (Å²) in [5.41, 5.74) is 4.17. The maximum absolute atomic E-state index is 2.60. The third-order valence-electron chi connectivity index (χ3n) is 5.40. The van der Waals surface area contributed by atoms with E-state index in [4.69, 9.17) is 0 Å². The molecule has 2 aromatic rings. The van der Waals surface area contributed by atoms with Crippen LogP contribution >= 0.6 is 11.8 Å². The van der Waals surface area contributed by atoms with E-state index in [9.17, 15) is 0 Å². The maximum Gasteiger partial charge on any atom is 0.0238 e. The summed E-state index contributed by atoms with van der Waals surface area (Å²) in [5.74, 6) is 0. The summed E-state index contributed by atoms with van der Waals surface area (Å²) < 4.78 is 0. The first-order valence-electron chi connectivity index (χ1n) is 10.4. The molecule has 0 atom stereocenters. The normalized spacial score (nSPS) is 16.2. The van der Waals surface area contributed by atoms with Gasteiger partial charge in [-0.15, -0.1) is 0 Å². The van der Waals surface area contributed by atoms with Crippen LogP contribution in [-0.4, -0.2) is 61.0 Å². The minimum atomic E-state index is 0.659. The molecule has 0 unspecified atom stereocenters. The molecule has 4 heteroatoms. The highest BCUT2D eigenvalue weighted by molar-refractivity contribution is 7.99. The summed E-state index contributed by atoms with van der Waals surface area (Å²) in [5, 5.41) is 0. The predicted octanol–water partition coefficient (Wildman–Crippen LogP) is 4.73. The molecule has 0 amide bonds. The standard InChI is InChI=1S/C24H35N3S/c1-19(2)27-14-12-26(13-15-27)17-21-8-11-24(22(16-21)18-25(4)5)28-23-9-6-20(3)7-10-23/h6-11,16,19H,12-15,17-18H2,1-5H3. The van der Waals surface area contributed by atoms with Crippen LogP contribution < -0.4 is 0 Å². The minimum Gasteiger partial charge on any atom is -0.305 e. The molecule has 2 aromatic carbocycles. The molecule has 0 N–H and O–H groups in total. The Kier molecular flexibility index (Phi) is 7.58. The van der Waals surface area contributed by atoms with Gasteiger partial charge >= 0.3 is 0 Å². The Morgan fingerprint density at radius 3 is 2.25 bits per heavy atom. The van der Waals surface area contributed by atoms with Crippen LogP contribution in [0.1, 0.15) is 30.5 Å². The van der Waals surface area contributed by atoms with E-state index >= 15 is 0 Å². The Bertz CT molecular complexity index is 747. The summed E-state index contributed by atoms with van der Waals surface area (Å²) in [6.07, 6.45) is 0. The lowest BCUT2D eigenvalue weighted by atomic mass is 10.1. The number of piperazine rings is 1. The molecule has 0 bridgehead atoms. The summed E-state index contributed by atoms with van der Waals surface area (Å²) in [7, 11) is 4.30. The van der Waals surface area contributed by atoms with E-state index < -0.39 is 0 Å². The number of rotatable bonds is 7. The SMILES string of the molecule is Cc1ccc(Sc2ccc(CN3CCN(C(C)C)CC3)cc2CN(C)C)cc1. The predicted molar refractivity (Wildman–Crippen MR) is 121 cm³/mol. The summed E-state index contributed by atoms with van der Waals surface area (Å²) >= 11 is 1.88. The van der Waals surface area contributed by atoms with Crippen molar-refractivity contribution in [2.45, 2.75) is 49.7 Å². The van der Waals surface area contributed by atoms with Gasteiger partial charge in [-0.1, -0.05) is 41.6 Å². The van der Waals surface area contributed by atoms with Crippen molar-refractivity contribution in [2.75, 3.05) is 40.3 Å².